The summed E-state index contributed by atoms with van der Waals surface area (Å²) < 4.78 is 7.10. The second-order valence-electron chi connectivity index (χ2n) is 4.52. The first-order valence-corrected chi connectivity index (χ1v) is 8.22. The number of thiophene rings is 1. The van der Waals surface area contributed by atoms with Crippen molar-refractivity contribution in [3.8, 4) is 0 Å². The predicted octanol–water partition coefficient (Wildman–Crippen LogP) is 4.75. The van der Waals surface area contributed by atoms with Gasteiger partial charge in [-0.15, -0.1) is 23.7 Å². The van der Waals surface area contributed by atoms with Crippen LogP contribution in [0.15, 0.2) is 27.3 Å². The van der Waals surface area contributed by atoms with Gasteiger partial charge in [-0.3, -0.25) is 0 Å². The molecule has 0 saturated heterocycles. The van der Waals surface area contributed by atoms with Crippen molar-refractivity contribution in [3.05, 3.63) is 38.8 Å². The van der Waals surface area contributed by atoms with Crippen LogP contribution in [0, 0.1) is 0 Å². The van der Waals surface area contributed by atoms with Gasteiger partial charge < -0.3 is 15.5 Å². The SMILES string of the molecule is CC(N)c1sc2c(NCc3ccco3)nc(Cl)nc2c1Br.Cl. The van der Waals surface area contributed by atoms with Gasteiger partial charge in [0, 0.05) is 10.9 Å². The standard InChI is InChI=1S/C13H12BrClN4OS.ClH/c1-6(16)10-8(14)9-11(21-10)12(19-13(15)18-9)17-5-7-3-2-4-20-7;/h2-4,6H,5,16H2,1H3,(H,17,18,19);1H. The average Bonchev–Trinajstić information content (AvgIpc) is 3.05. The summed E-state index contributed by atoms with van der Waals surface area (Å²) >= 11 is 11.1. The molecule has 0 bridgehead atoms. The van der Waals surface area contributed by atoms with Crippen LogP contribution in [0.4, 0.5) is 5.82 Å². The number of anilines is 1. The molecule has 3 aromatic heterocycles. The Kier molecular flexibility index (Phi) is 5.68. The lowest BCUT2D eigenvalue weighted by molar-refractivity contribution is 0.518. The molecule has 0 aliphatic heterocycles. The van der Waals surface area contributed by atoms with E-state index in [1.54, 1.807) is 17.6 Å². The Morgan fingerprint density at radius 2 is 2.27 bits per heavy atom. The first-order chi connectivity index (χ1) is 10.1. The van der Waals surface area contributed by atoms with Crippen molar-refractivity contribution in [3.63, 3.8) is 0 Å². The van der Waals surface area contributed by atoms with Crippen LogP contribution < -0.4 is 11.1 Å². The van der Waals surface area contributed by atoms with E-state index in [9.17, 15) is 0 Å². The first-order valence-electron chi connectivity index (χ1n) is 6.23. The second-order valence-corrected chi connectivity index (χ2v) is 6.70. The molecule has 118 valence electrons. The summed E-state index contributed by atoms with van der Waals surface area (Å²) in [6, 6.07) is 3.65. The zero-order chi connectivity index (χ0) is 15.0. The maximum absolute atomic E-state index is 6.01. The molecule has 5 nitrogen and oxygen atoms in total. The van der Waals surface area contributed by atoms with E-state index < -0.39 is 0 Å². The van der Waals surface area contributed by atoms with Crippen LogP contribution in [-0.2, 0) is 6.54 Å². The summed E-state index contributed by atoms with van der Waals surface area (Å²) in [6.45, 7) is 2.46. The van der Waals surface area contributed by atoms with Gasteiger partial charge in [0.25, 0.3) is 0 Å². The highest BCUT2D eigenvalue weighted by atomic mass is 79.9. The molecule has 0 aliphatic rings. The Morgan fingerprint density at radius 1 is 1.50 bits per heavy atom. The summed E-state index contributed by atoms with van der Waals surface area (Å²) in [7, 11) is 0. The van der Waals surface area contributed by atoms with E-state index in [2.05, 4.69) is 31.2 Å². The molecule has 1 unspecified atom stereocenters. The highest BCUT2D eigenvalue weighted by Gasteiger charge is 2.18. The van der Waals surface area contributed by atoms with Gasteiger partial charge in [-0.25, -0.2) is 4.98 Å². The van der Waals surface area contributed by atoms with E-state index in [1.165, 1.54) is 0 Å². The molecule has 3 aromatic rings. The molecule has 0 radical (unpaired) electrons. The molecule has 0 amide bonds. The topological polar surface area (TPSA) is 77.0 Å². The summed E-state index contributed by atoms with van der Waals surface area (Å²) in [5.41, 5.74) is 6.75. The number of hydrogen-bond acceptors (Lipinski definition) is 6. The Morgan fingerprint density at radius 3 is 2.91 bits per heavy atom. The van der Waals surface area contributed by atoms with E-state index >= 15 is 0 Å². The molecule has 3 heterocycles. The largest absolute Gasteiger partial charge is 0.467 e. The van der Waals surface area contributed by atoms with Crippen molar-refractivity contribution in [2.24, 2.45) is 5.73 Å². The number of rotatable bonds is 4. The third kappa shape index (κ3) is 3.38. The minimum atomic E-state index is -0.0877. The van der Waals surface area contributed by atoms with Gasteiger partial charge in [-0.1, -0.05) is 0 Å². The Hall–Kier alpha value is -0.860. The van der Waals surface area contributed by atoms with Crippen molar-refractivity contribution in [1.29, 1.82) is 0 Å². The molecule has 0 fully saturated rings. The molecule has 3 rings (SSSR count). The quantitative estimate of drug-likeness (QED) is 0.591. The van der Waals surface area contributed by atoms with Crippen molar-refractivity contribution < 1.29 is 4.42 Å². The number of nitrogens with one attached hydrogen (secondary N) is 1. The van der Waals surface area contributed by atoms with E-state index in [4.69, 9.17) is 21.8 Å². The van der Waals surface area contributed by atoms with Gasteiger partial charge in [-0.05, 0) is 46.6 Å². The van der Waals surface area contributed by atoms with E-state index in [0.717, 1.165) is 25.3 Å². The van der Waals surface area contributed by atoms with E-state index in [-0.39, 0.29) is 23.7 Å². The van der Waals surface area contributed by atoms with Crippen molar-refractivity contribution in [1.82, 2.24) is 9.97 Å². The lowest BCUT2D eigenvalue weighted by Crippen LogP contribution is -2.02. The highest BCUT2D eigenvalue weighted by Crippen LogP contribution is 2.40. The smallest absolute Gasteiger partial charge is 0.225 e. The van der Waals surface area contributed by atoms with Crippen LogP contribution in [-0.4, -0.2) is 9.97 Å². The highest BCUT2D eigenvalue weighted by molar-refractivity contribution is 9.10. The van der Waals surface area contributed by atoms with Crippen molar-refractivity contribution in [2.45, 2.75) is 19.5 Å². The zero-order valence-corrected chi connectivity index (χ0v) is 15.4. The Balaban J connectivity index is 0.00000176. The number of nitrogens with zero attached hydrogens (tertiary/aromatic N) is 2. The minimum Gasteiger partial charge on any atom is -0.467 e. The molecule has 0 saturated carbocycles. The third-order valence-corrected chi connectivity index (χ3v) is 5.52. The monoisotopic (exact) mass is 422 g/mol. The van der Waals surface area contributed by atoms with Gasteiger partial charge in [0.2, 0.25) is 5.28 Å². The van der Waals surface area contributed by atoms with Crippen LogP contribution in [0.2, 0.25) is 5.28 Å². The normalized spacial score (nSPS) is 12.2. The van der Waals surface area contributed by atoms with E-state index in [1.807, 2.05) is 19.1 Å². The third-order valence-electron chi connectivity index (χ3n) is 2.90. The Labute approximate surface area is 150 Å². The molecule has 1 atom stereocenters. The molecule has 22 heavy (non-hydrogen) atoms. The fraction of sp³-hybridized carbons (Fsp3) is 0.231. The van der Waals surface area contributed by atoms with Gasteiger partial charge >= 0.3 is 0 Å². The number of nitrogens with two attached hydrogens (primary N) is 1. The number of furan rings is 1. The molecule has 0 spiro atoms. The van der Waals surface area contributed by atoms with Crippen LogP contribution in [0.3, 0.4) is 0 Å². The van der Waals surface area contributed by atoms with Gasteiger partial charge in [0.1, 0.15) is 17.1 Å². The number of aromatic nitrogens is 2. The van der Waals surface area contributed by atoms with Crippen molar-refractivity contribution in [2.75, 3.05) is 5.32 Å². The van der Waals surface area contributed by atoms with Crippen molar-refractivity contribution >= 4 is 67.3 Å². The molecular formula is C13H13BrCl2N4OS. The number of halogens is 3. The summed E-state index contributed by atoms with van der Waals surface area (Å²) in [5.74, 6) is 1.50. The molecule has 0 aromatic carbocycles. The lowest BCUT2D eigenvalue weighted by atomic mass is 10.3. The zero-order valence-electron chi connectivity index (χ0n) is 11.5. The molecule has 0 aliphatic carbocycles. The lowest BCUT2D eigenvalue weighted by Gasteiger charge is -2.05. The molecule has 9 heteroatoms. The Bertz CT molecular complexity index is 776. The van der Waals surface area contributed by atoms with Crippen LogP contribution in [0.25, 0.3) is 10.2 Å². The van der Waals surface area contributed by atoms with Crippen LogP contribution in [0.5, 0.6) is 0 Å². The second kappa shape index (κ2) is 7.14. The summed E-state index contributed by atoms with van der Waals surface area (Å²) in [5, 5.41) is 3.42. The van der Waals surface area contributed by atoms with Gasteiger partial charge in [0.15, 0.2) is 0 Å². The van der Waals surface area contributed by atoms with Gasteiger partial charge in [0.05, 0.1) is 22.0 Å². The van der Waals surface area contributed by atoms with Crippen LogP contribution >= 0.6 is 51.3 Å². The number of hydrogen-bond donors (Lipinski definition) is 2. The van der Waals surface area contributed by atoms with E-state index in [0.29, 0.717) is 12.4 Å². The molecule has 3 N–H and O–H groups in total. The minimum absolute atomic E-state index is 0. The van der Waals surface area contributed by atoms with Crippen LogP contribution in [0.1, 0.15) is 23.6 Å². The fourth-order valence-electron chi connectivity index (χ4n) is 1.94. The maximum Gasteiger partial charge on any atom is 0.225 e. The summed E-state index contributed by atoms with van der Waals surface area (Å²) in [6.07, 6.45) is 1.63. The van der Waals surface area contributed by atoms with Gasteiger partial charge in [-0.2, -0.15) is 4.98 Å². The first kappa shape index (κ1) is 17.5. The fourth-order valence-corrected chi connectivity index (χ4v) is 4.18. The predicted molar refractivity (Wildman–Crippen MR) is 96.0 cm³/mol. The number of fused-ring (bicyclic) bond motifs is 1. The average molecular weight is 424 g/mol. The summed E-state index contributed by atoms with van der Waals surface area (Å²) in [4.78, 5) is 9.56. The maximum atomic E-state index is 6.01. The molecular weight excluding hydrogens is 411 g/mol.